The van der Waals surface area contributed by atoms with E-state index in [1.165, 1.54) is 15.2 Å². The summed E-state index contributed by atoms with van der Waals surface area (Å²) in [6, 6.07) is 7.42. The summed E-state index contributed by atoms with van der Waals surface area (Å²) in [6.07, 6.45) is 1.42. The van der Waals surface area contributed by atoms with Crippen LogP contribution in [0.1, 0.15) is 5.56 Å². The van der Waals surface area contributed by atoms with E-state index in [-0.39, 0.29) is 23.8 Å². The van der Waals surface area contributed by atoms with E-state index in [1.54, 1.807) is 7.05 Å². The highest BCUT2D eigenvalue weighted by atomic mass is 32.2. The number of hydrogen-bond acceptors (Lipinski definition) is 5. The number of nitrogens with two attached hydrogens (primary N) is 1. The molecular weight excluding hydrogens is 292 g/mol. The van der Waals surface area contributed by atoms with Gasteiger partial charge in [0.05, 0.1) is 0 Å². The molecule has 2 aromatic rings. The summed E-state index contributed by atoms with van der Waals surface area (Å²) in [6.45, 7) is 0.828. The molecule has 1 aliphatic rings. The van der Waals surface area contributed by atoms with Gasteiger partial charge in [0, 0.05) is 31.9 Å². The first-order valence-corrected chi connectivity index (χ1v) is 7.92. The number of nitrogens with zero attached hydrogens (tertiary/aromatic N) is 3. The number of aryl methyl sites for hydroxylation is 1. The van der Waals surface area contributed by atoms with Crippen molar-refractivity contribution in [2.24, 2.45) is 7.05 Å². The largest absolute Gasteiger partial charge is 0.492 e. The molecule has 0 radical (unpaired) electrons. The summed E-state index contributed by atoms with van der Waals surface area (Å²) in [4.78, 5) is 0.0318. The lowest BCUT2D eigenvalue weighted by molar-refractivity contribution is 0.293. The molecule has 0 saturated carbocycles. The fraction of sp³-hybridized carbons (Fsp3) is 0.308. The van der Waals surface area contributed by atoms with Crippen LogP contribution in [0.25, 0.3) is 0 Å². The molecule has 21 heavy (non-hydrogen) atoms. The second kappa shape index (κ2) is 5.05. The van der Waals surface area contributed by atoms with Crippen molar-refractivity contribution in [1.29, 1.82) is 0 Å². The Balaban J connectivity index is 1.98. The Morgan fingerprint density at radius 2 is 2.10 bits per heavy atom. The normalized spacial score (nSPS) is 16.0. The second-order valence-corrected chi connectivity index (χ2v) is 6.75. The van der Waals surface area contributed by atoms with Gasteiger partial charge >= 0.3 is 0 Å². The van der Waals surface area contributed by atoms with Gasteiger partial charge < -0.3 is 10.5 Å². The Morgan fingerprint density at radius 1 is 1.33 bits per heavy atom. The fourth-order valence-electron chi connectivity index (χ4n) is 2.33. The number of para-hydroxylation sites is 1. The summed E-state index contributed by atoms with van der Waals surface area (Å²) in [5.74, 6) is 0.727. The zero-order valence-corrected chi connectivity index (χ0v) is 12.4. The lowest BCUT2D eigenvalue weighted by Gasteiger charge is -2.18. The van der Waals surface area contributed by atoms with Gasteiger partial charge in [-0.2, -0.15) is 9.40 Å². The Hall–Kier alpha value is -2.06. The standard InChI is InChI=1S/C13H16N4O3S/c1-16-9-12(13(14)15-16)21(18,19)17-6-7-20-11-5-3-2-4-10(11)8-17/h2-5,9H,6-8H2,1H3,(H2,14,15). The number of rotatable bonds is 2. The highest BCUT2D eigenvalue weighted by Crippen LogP contribution is 2.27. The quantitative estimate of drug-likeness (QED) is 0.876. The number of hydrogen-bond donors (Lipinski definition) is 1. The van der Waals surface area contributed by atoms with Crippen LogP contribution in [-0.4, -0.2) is 35.7 Å². The third-order valence-electron chi connectivity index (χ3n) is 3.36. The van der Waals surface area contributed by atoms with Crippen molar-refractivity contribution in [1.82, 2.24) is 14.1 Å². The molecule has 0 amide bonds. The summed E-state index contributed by atoms with van der Waals surface area (Å²) >= 11 is 0. The maximum absolute atomic E-state index is 12.7. The topological polar surface area (TPSA) is 90.5 Å². The van der Waals surface area contributed by atoms with Crippen LogP contribution < -0.4 is 10.5 Å². The molecule has 2 N–H and O–H groups in total. The number of aromatic nitrogens is 2. The molecule has 8 heteroatoms. The van der Waals surface area contributed by atoms with Crippen molar-refractivity contribution < 1.29 is 13.2 Å². The summed E-state index contributed by atoms with van der Waals surface area (Å²) in [7, 11) is -2.06. The molecule has 7 nitrogen and oxygen atoms in total. The van der Waals surface area contributed by atoms with E-state index in [9.17, 15) is 8.42 Å². The second-order valence-electron chi connectivity index (χ2n) is 4.85. The highest BCUT2D eigenvalue weighted by Gasteiger charge is 2.30. The van der Waals surface area contributed by atoms with Gasteiger partial charge in [-0.15, -0.1) is 0 Å². The van der Waals surface area contributed by atoms with Crippen molar-refractivity contribution in [3.63, 3.8) is 0 Å². The average molecular weight is 308 g/mol. The predicted octanol–water partition coefficient (Wildman–Crippen LogP) is 0.586. The molecule has 1 aromatic heterocycles. The number of nitrogen functional groups attached to an aromatic ring is 1. The van der Waals surface area contributed by atoms with E-state index < -0.39 is 10.0 Å². The van der Waals surface area contributed by atoms with Crippen molar-refractivity contribution >= 4 is 15.8 Å². The minimum absolute atomic E-state index is 0.0101. The van der Waals surface area contributed by atoms with Crippen LogP contribution in [0.5, 0.6) is 5.75 Å². The fourth-order valence-corrected chi connectivity index (χ4v) is 3.82. The van der Waals surface area contributed by atoms with Crippen LogP contribution in [0, 0.1) is 0 Å². The van der Waals surface area contributed by atoms with Crippen molar-refractivity contribution in [2.75, 3.05) is 18.9 Å². The monoisotopic (exact) mass is 308 g/mol. The predicted molar refractivity (Wildman–Crippen MR) is 77.2 cm³/mol. The van der Waals surface area contributed by atoms with Crippen LogP contribution in [0.4, 0.5) is 5.82 Å². The maximum Gasteiger partial charge on any atom is 0.248 e. The molecule has 0 saturated heterocycles. The molecule has 0 spiro atoms. The third-order valence-corrected chi connectivity index (χ3v) is 5.22. The summed E-state index contributed by atoms with van der Waals surface area (Å²) < 4.78 is 33.8. The van der Waals surface area contributed by atoms with Crippen LogP contribution in [0.15, 0.2) is 35.4 Å². The van der Waals surface area contributed by atoms with Crippen LogP contribution in [0.2, 0.25) is 0 Å². The SMILES string of the molecule is Cn1cc(S(=O)(=O)N2CCOc3ccccc3C2)c(N)n1. The van der Waals surface area contributed by atoms with Gasteiger partial charge in [0.25, 0.3) is 0 Å². The number of sulfonamides is 1. The van der Waals surface area contributed by atoms with Gasteiger partial charge in [-0.05, 0) is 6.07 Å². The van der Waals surface area contributed by atoms with Gasteiger partial charge in [0.1, 0.15) is 17.3 Å². The van der Waals surface area contributed by atoms with Crippen molar-refractivity contribution in [3.8, 4) is 5.75 Å². The van der Waals surface area contributed by atoms with Gasteiger partial charge in [0.2, 0.25) is 10.0 Å². The minimum Gasteiger partial charge on any atom is -0.492 e. The highest BCUT2D eigenvalue weighted by molar-refractivity contribution is 7.89. The van der Waals surface area contributed by atoms with E-state index in [4.69, 9.17) is 10.5 Å². The van der Waals surface area contributed by atoms with Gasteiger partial charge in [-0.25, -0.2) is 8.42 Å². The molecule has 0 aliphatic carbocycles. The number of benzene rings is 1. The van der Waals surface area contributed by atoms with Crippen LogP contribution in [0.3, 0.4) is 0 Å². The van der Waals surface area contributed by atoms with Crippen LogP contribution in [-0.2, 0) is 23.6 Å². The Bertz CT molecular complexity index is 769. The van der Waals surface area contributed by atoms with Gasteiger partial charge in [-0.3, -0.25) is 4.68 Å². The smallest absolute Gasteiger partial charge is 0.248 e. The molecule has 0 bridgehead atoms. The minimum atomic E-state index is -3.69. The maximum atomic E-state index is 12.7. The lowest BCUT2D eigenvalue weighted by atomic mass is 10.2. The molecule has 3 rings (SSSR count). The van der Waals surface area contributed by atoms with E-state index >= 15 is 0 Å². The molecule has 1 aliphatic heterocycles. The molecule has 0 unspecified atom stereocenters. The van der Waals surface area contributed by atoms with E-state index in [0.717, 1.165) is 5.56 Å². The number of anilines is 1. The van der Waals surface area contributed by atoms with Gasteiger partial charge in [-0.1, -0.05) is 18.2 Å². The van der Waals surface area contributed by atoms with E-state index in [2.05, 4.69) is 5.10 Å². The Labute approximate surface area is 123 Å². The van der Waals surface area contributed by atoms with Gasteiger partial charge in [0.15, 0.2) is 5.82 Å². The molecular formula is C13H16N4O3S. The van der Waals surface area contributed by atoms with E-state index in [1.807, 2.05) is 24.3 Å². The summed E-state index contributed by atoms with van der Waals surface area (Å²) in [5.41, 5.74) is 6.53. The molecule has 0 atom stereocenters. The Morgan fingerprint density at radius 3 is 2.81 bits per heavy atom. The zero-order valence-electron chi connectivity index (χ0n) is 11.6. The molecule has 2 heterocycles. The average Bonchev–Trinajstić information content (AvgIpc) is 2.67. The first-order valence-electron chi connectivity index (χ1n) is 6.48. The van der Waals surface area contributed by atoms with Crippen molar-refractivity contribution in [2.45, 2.75) is 11.4 Å². The Kier molecular flexibility index (Phi) is 3.34. The number of fused-ring (bicyclic) bond motifs is 1. The summed E-state index contributed by atoms with van der Waals surface area (Å²) in [5, 5.41) is 3.90. The molecule has 1 aromatic carbocycles. The first kappa shape index (κ1) is 13.9. The third kappa shape index (κ3) is 2.47. The molecule has 112 valence electrons. The number of ether oxygens (including phenoxy) is 1. The molecule has 0 fully saturated rings. The van der Waals surface area contributed by atoms with E-state index in [0.29, 0.717) is 12.4 Å². The first-order chi connectivity index (χ1) is 9.98. The zero-order chi connectivity index (χ0) is 15.0. The van der Waals surface area contributed by atoms with Crippen molar-refractivity contribution in [3.05, 3.63) is 36.0 Å². The lowest BCUT2D eigenvalue weighted by Crippen LogP contribution is -2.32. The van der Waals surface area contributed by atoms with Crippen LogP contribution >= 0.6 is 0 Å².